The fourth-order valence-corrected chi connectivity index (χ4v) is 2.96. The average molecular weight is 421 g/mol. The first-order chi connectivity index (χ1) is 11.8. The van der Waals surface area contributed by atoms with Gasteiger partial charge in [0.05, 0.1) is 21.3 Å². The molecular formula is C16H13Cl4N3O2. The highest BCUT2D eigenvalue weighted by atomic mass is 35.5. The number of hydrogen-bond donors (Lipinski definition) is 1. The molecule has 2 rings (SSSR count). The molecule has 0 atom stereocenters. The number of carbonyl (C=O) groups excluding carboxylic acids is 2. The molecule has 1 aromatic carbocycles. The first-order valence-electron chi connectivity index (χ1n) is 7.18. The maximum Gasteiger partial charge on any atom is 0.257 e. The lowest BCUT2D eigenvalue weighted by Crippen LogP contribution is -2.38. The van der Waals surface area contributed by atoms with Crippen LogP contribution >= 0.6 is 46.4 Å². The molecule has 0 aliphatic heterocycles. The lowest BCUT2D eigenvalue weighted by molar-refractivity contribution is -0.116. The number of likely N-dealkylation sites (N-methyl/N-ethyl adjacent to an activating group) is 1. The summed E-state index contributed by atoms with van der Waals surface area (Å²) in [6, 6.07) is 7.79. The van der Waals surface area contributed by atoms with Crippen molar-refractivity contribution in [2.75, 3.05) is 18.4 Å². The van der Waals surface area contributed by atoms with Crippen molar-refractivity contribution in [1.29, 1.82) is 0 Å². The minimum Gasteiger partial charge on any atom is -0.330 e. The predicted molar refractivity (Wildman–Crippen MR) is 101 cm³/mol. The number of nitrogens with zero attached hydrogens (tertiary/aromatic N) is 2. The van der Waals surface area contributed by atoms with Gasteiger partial charge in [-0.3, -0.25) is 9.59 Å². The monoisotopic (exact) mass is 419 g/mol. The number of nitrogens with one attached hydrogen (secondary N) is 1. The van der Waals surface area contributed by atoms with E-state index in [0.29, 0.717) is 22.3 Å². The molecule has 0 radical (unpaired) electrons. The molecule has 0 aliphatic carbocycles. The summed E-state index contributed by atoms with van der Waals surface area (Å²) in [4.78, 5) is 30.0. The summed E-state index contributed by atoms with van der Waals surface area (Å²) in [6.07, 6.45) is 0. The maximum atomic E-state index is 12.6. The Hall–Kier alpha value is -1.53. The van der Waals surface area contributed by atoms with Gasteiger partial charge >= 0.3 is 0 Å². The molecule has 9 heteroatoms. The summed E-state index contributed by atoms with van der Waals surface area (Å²) in [6.45, 7) is 1.84. The second kappa shape index (κ2) is 8.72. The van der Waals surface area contributed by atoms with E-state index in [9.17, 15) is 9.59 Å². The predicted octanol–water partition coefficient (Wildman–Crippen LogP) is 4.80. The van der Waals surface area contributed by atoms with E-state index in [1.54, 1.807) is 25.1 Å². The molecule has 1 heterocycles. The van der Waals surface area contributed by atoms with Gasteiger partial charge in [-0.1, -0.05) is 52.5 Å². The Morgan fingerprint density at radius 1 is 1.08 bits per heavy atom. The SMILES string of the molecule is CCN(CC(=O)Nc1c(Cl)cccc1Cl)C(=O)c1ccc(Cl)nc1Cl. The fraction of sp³-hybridized carbons (Fsp3) is 0.188. The molecule has 1 N–H and O–H groups in total. The quantitative estimate of drug-likeness (QED) is 0.706. The highest BCUT2D eigenvalue weighted by Crippen LogP contribution is 2.29. The van der Waals surface area contributed by atoms with Crippen LogP contribution in [0.1, 0.15) is 17.3 Å². The zero-order chi connectivity index (χ0) is 18.6. The van der Waals surface area contributed by atoms with Crippen LogP contribution in [0.3, 0.4) is 0 Å². The van der Waals surface area contributed by atoms with E-state index in [2.05, 4.69) is 10.3 Å². The van der Waals surface area contributed by atoms with Crippen LogP contribution in [0.25, 0.3) is 0 Å². The highest BCUT2D eigenvalue weighted by Gasteiger charge is 2.21. The topological polar surface area (TPSA) is 62.3 Å². The van der Waals surface area contributed by atoms with E-state index in [1.807, 2.05) is 0 Å². The minimum atomic E-state index is -0.441. The summed E-state index contributed by atoms with van der Waals surface area (Å²) in [5, 5.41) is 3.37. The van der Waals surface area contributed by atoms with Crippen molar-refractivity contribution in [2.45, 2.75) is 6.92 Å². The van der Waals surface area contributed by atoms with Gasteiger partial charge < -0.3 is 10.2 Å². The molecule has 1 aromatic heterocycles. The van der Waals surface area contributed by atoms with Crippen LogP contribution in [0, 0.1) is 0 Å². The van der Waals surface area contributed by atoms with Crippen LogP contribution in [0.15, 0.2) is 30.3 Å². The summed E-state index contributed by atoms with van der Waals surface area (Å²) in [5.74, 6) is -0.875. The molecule has 0 spiro atoms. The normalized spacial score (nSPS) is 10.4. The molecule has 0 fully saturated rings. The Bertz CT molecular complexity index is 794. The van der Waals surface area contributed by atoms with Crippen molar-refractivity contribution >= 4 is 63.9 Å². The van der Waals surface area contributed by atoms with Crippen molar-refractivity contribution in [1.82, 2.24) is 9.88 Å². The van der Waals surface area contributed by atoms with Gasteiger partial charge in [-0.2, -0.15) is 0 Å². The first kappa shape index (κ1) is 19.8. The first-order valence-corrected chi connectivity index (χ1v) is 8.69. The third-order valence-corrected chi connectivity index (χ3v) is 4.40. The summed E-state index contributed by atoms with van der Waals surface area (Å²) >= 11 is 23.7. The number of hydrogen-bond acceptors (Lipinski definition) is 3. The van der Waals surface area contributed by atoms with Crippen LogP contribution < -0.4 is 5.32 Å². The van der Waals surface area contributed by atoms with Crippen molar-refractivity contribution in [3.63, 3.8) is 0 Å². The third kappa shape index (κ3) is 4.98. The van der Waals surface area contributed by atoms with Gasteiger partial charge in [-0.05, 0) is 31.2 Å². The maximum absolute atomic E-state index is 12.6. The molecule has 0 saturated heterocycles. The van der Waals surface area contributed by atoms with Crippen LogP contribution in [-0.2, 0) is 4.79 Å². The van der Waals surface area contributed by atoms with Gasteiger partial charge in [0, 0.05) is 6.54 Å². The van der Waals surface area contributed by atoms with Crippen molar-refractivity contribution in [2.24, 2.45) is 0 Å². The number of anilines is 1. The van der Waals surface area contributed by atoms with Crippen molar-refractivity contribution < 1.29 is 9.59 Å². The Morgan fingerprint density at radius 2 is 1.72 bits per heavy atom. The van der Waals surface area contributed by atoms with Crippen LogP contribution in [0.5, 0.6) is 0 Å². The fourth-order valence-electron chi connectivity index (χ4n) is 2.04. The number of amides is 2. The number of rotatable bonds is 5. The number of pyridine rings is 1. The van der Waals surface area contributed by atoms with Gasteiger partial charge in [0.15, 0.2) is 0 Å². The summed E-state index contributed by atoms with van der Waals surface area (Å²) < 4.78 is 0. The number of benzene rings is 1. The summed E-state index contributed by atoms with van der Waals surface area (Å²) in [7, 11) is 0. The van der Waals surface area contributed by atoms with Crippen LogP contribution in [-0.4, -0.2) is 34.8 Å². The zero-order valence-corrected chi connectivity index (χ0v) is 16.0. The highest BCUT2D eigenvalue weighted by molar-refractivity contribution is 6.39. The zero-order valence-electron chi connectivity index (χ0n) is 13.0. The van der Waals surface area contributed by atoms with E-state index in [4.69, 9.17) is 46.4 Å². The van der Waals surface area contributed by atoms with Crippen LogP contribution in [0.2, 0.25) is 20.4 Å². The Kier molecular flexibility index (Phi) is 6.90. The van der Waals surface area contributed by atoms with Gasteiger partial charge in [0.2, 0.25) is 5.91 Å². The van der Waals surface area contributed by atoms with Gasteiger partial charge in [0.25, 0.3) is 5.91 Å². The van der Waals surface area contributed by atoms with E-state index >= 15 is 0 Å². The largest absolute Gasteiger partial charge is 0.330 e. The molecule has 132 valence electrons. The Labute approximate surface area is 164 Å². The summed E-state index contributed by atoms with van der Waals surface area (Å²) in [5.41, 5.74) is 0.460. The molecular weight excluding hydrogens is 408 g/mol. The van der Waals surface area contributed by atoms with E-state index < -0.39 is 11.8 Å². The van der Waals surface area contributed by atoms with E-state index in [0.717, 1.165) is 0 Å². The van der Waals surface area contributed by atoms with E-state index in [-0.39, 0.29) is 22.4 Å². The lowest BCUT2D eigenvalue weighted by atomic mass is 10.2. The van der Waals surface area contributed by atoms with Gasteiger partial charge in [-0.25, -0.2) is 4.98 Å². The van der Waals surface area contributed by atoms with Crippen molar-refractivity contribution in [3.05, 3.63) is 56.2 Å². The van der Waals surface area contributed by atoms with Crippen molar-refractivity contribution in [3.8, 4) is 0 Å². The Balaban J connectivity index is 2.13. The Morgan fingerprint density at radius 3 is 2.28 bits per heavy atom. The van der Waals surface area contributed by atoms with Crippen LogP contribution in [0.4, 0.5) is 5.69 Å². The smallest absolute Gasteiger partial charge is 0.257 e. The molecule has 0 unspecified atom stereocenters. The number of aromatic nitrogens is 1. The second-order valence-corrected chi connectivity index (χ2v) is 6.50. The third-order valence-electron chi connectivity index (χ3n) is 3.28. The molecule has 0 bridgehead atoms. The molecule has 5 nitrogen and oxygen atoms in total. The average Bonchev–Trinajstić information content (AvgIpc) is 2.55. The molecule has 2 aromatic rings. The number of carbonyl (C=O) groups is 2. The van der Waals surface area contributed by atoms with Gasteiger partial charge in [-0.15, -0.1) is 0 Å². The van der Waals surface area contributed by atoms with E-state index in [1.165, 1.54) is 17.0 Å². The molecule has 0 saturated carbocycles. The molecule has 2 amide bonds. The molecule has 25 heavy (non-hydrogen) atoms. The second-order valence-electron chi connectivity index (χ2n) is 4.94. The van der Waals surface area contributed by atoms with Gasteiger partial charge in [0.1, 0.15) is 16.9 Å². The standard InChI is InChI=1S/C16H13Cl4N3O2/c1-2-23(16(25)9-6-7-12(19)21-15(9)20)8-13(24)22-14-10(17)4-3-5-11(14)18/h3-7H,2,8H2,1H3,(H,22,24). The lowest BCUT2D eigenvalue weighted by Gasteiger charge is -2.21. The number of halogens is 4. The number of para-hydroxylation sites is 1. The minimum absolute atomic E-state index is 0.0227. The molecule has 0 aliphatic rings.